The van der Waals surface area contributed by atoms with Crippen molar-refractivity contribution in [2.75, 3.05) is 19.0 Å². The second-order valence-corrected chi connectivity index (χ2v) is 5.48. The first-order valence-electron chi connectivity index (χ1n) is 7.83. The minimum Gasteiger partial charge on any atom is -0.495 e. The first kappa shape index (κ1) is 17.5. The summed E-state index contributed by atoms with van der Waals surface area (Å²) in [6.45, 7) is 1.99. The fourth-order valence-corrected chi connectivity index (χ4v) is 2.39. The van der Waals surface area contributed by atoms with Crippen molar-refractivity contribution in [3.63, 3.8) is 0 Å². The SMILES string of the molecule is COc1ccc(CCNC(=O)Cc2ccccc2)cc1NC(C)=O. The summed E-state index contributed by atoms with van der Waals surface area (Å²) in [6.07, 6.45) is 1.05. The van der Waals surface area contributed by atoms with Crippen LogP contribution in [0.25, 0.3) is 0 Å². The van der Waals surface area contributed by atoms with Gasteiger partial charge in [-0.25, -0.2) is 0 Å². The summed E-state index contributed by atoms with van der Waals surface area (Å²) >= 11 is 0. The van der Waals surface area contributed by atoms with Crippen LogP contribution in [0.15, 0.2) is 48.5 Å². The van der Waals surface area contributed by atoms with E-state index in [1.807, 2.05) is 48.5 Å². The number of hydrogen-bond donors (Lipinski definition) is 2. The Balaban J connectivity index is 1.87. The maximum atomic E-state index is 11.9. The molecule has 2 rings (SSSR count). The van der Waals surface area contributed by atoms with Gasteiger partial charge >= 0.3 is 0 Å². The number of anilines is 1. The van der Waals surface area contributed by atoms with E-state index >= 15 is 0 Å². The largest absolute Gasteiger partial charge is 0.495 e. The van der Waals surface area contributed by atoms with Crippen molar-refractivity contribution in [1.29, 1.82) is 0 Å². The van der Waals surface area contributed by atoms with Gasteiger partial charge in [-0.2, -0.15) is 0 Å². The van der Waals surface area contributed by atoms with E-state index in [1.165, 1.54) is 6.92 Å². The van der Waals surface area contributed by atoms with E-state index in [1.54, 1.807) is 7.11 Å². The van der Waals surface area contributed by atoms with Crippen LogP contribution in [0, 0.1) is 0 Å². The molecule has 2 amide bonds. The molecule has 5 nitrogen and oxygen atoms in total. The molecule has 2 N–H and O–H groups in total. The van der Waals surface area contributed by atoms with Gasteiger partial charge in [-0.3, -0.25) is 9.59 Å². The number of rotatable bonds is 7. The summed E-state index contributed by atoms with van der Waals surface area (Å²) in [5.41, 5.74) is 2.64. The number of nitrogens with one attached hydrogen (secondary N) is 2. The van der Waals surface area contributed by atoms with Gasteiger partial charge in [0.05, 0.1) is 19.2 Å². The van der Waals surface area contributed by atoms with Crippen LogP contribution in [-0.2, 0) is 22.4 Å². The summed E-state index contributed by atoms with van der Waals surface area (Å²) in [4.78, 5) is 23.2. The third kappa shape index (κ3) is 5.43. The highest BCUT2D eigenvalue weighted by atomic mass is 16.5. The Bertz CT molecular complexity index is 699. The maximum Gasteiger partial charge on any atom is 0.224 e. The molecule has 2 aromatic rings. The number of hydrogen-bond acceptors (Lipinski definition) is 3. The van der Waals surface area contributed by atoms with Crippen LogP contribution in [0.3, 0.4) is 0 Å². The molecular formula is C19H22N2O3. The van der Waals surface area contributed by atoms with Gasteiger partial charge in [0.2, 0.25) is 11.8 Å². The van der Waals surface area contributed by atoms with Crippen molar-refractivity contribution in [3.8, 4) is 5.75 Å². The standard InChI is InChI=1S/C19H22N2O3/c1-14(22)21-17-12-16(8-9-18(17)24-2)10-11-20-19(23)13-15-6-4-3-5-7-15/h3-9,12H,10-11,13H2,1-2H3,(H,20,23)(H,21,22). The predicted octanol–water partition coefficient (Wildman–Crippen LogP) is 2.56. The van der Waals surface area contributed by atoms with E-state index in [2.05, 4.69) is 10.6 Å². The molecule has 0 bridgehead atoms. The van der Waals surface area contributed by atoms with Gasteiger partial charge in [-0.1, -0.05) is 36.4 Å². The molecule has 0 aliphatic carbocycles. The molecule has 5 heteroatoms. The predicted molar refractivity (Wildman–Crippen MR) is 94.2 cm³/mol. The van der Waals surface area contributed by atoms with Gasteiger partial charge in [-0.05, 0) is 29.7 Å². The molecule has 0 aromatic heterocycles. The Hall–Kier alpha value is -2.82. The van der Waals surface area contributed by atoms with Gasteiger partial charge in [0, 0.05) is 13.5 Å². The number of ether oxygens (including phenoxy) is 1. The molecule has 0 atom stereocenters. The second kappa shape index (κ2) is 8.72. The normalized spacial score (nSPS) is 10.1. The quantitative estimate of drug-likeness (QED) is 0.822. The molecule has 126 valence electrons. The summed E-state index contributed by atoms with van der Waals surface area (Å²) in [7, 11) is 1.56. The van der Waals surface area contributed by atoms with Crippen molar-refractivity contribution >= 4 is 17.5 Å². The van der Waals surface area contributed by atoms with E-state index in [-0.39, 0.29) is 11.8 Å². The molecular weight excluding hydrogens is 304 g/mol. The molecule has 2 aromatic carbocycles. The molecule has 0 aliphatic rings. The topological polar surface area (TPSA) is 67.4 Å². The minimum absolute atomic E-state index is 0.00297. The van der Waals surface area contributed by atoms with Gasteiger partial charge in [-0.15, -0.1) is 0 Å². The average Bonchev–Trinajstić information content (AvgIpc) is 2.55. The Morgan fingerprint density at radius 1 is 1.04 bits per heavy atom. The molecule has 0 spiro atoms. The van der Waals surface area contributed by atoms with Crippen LogP contribution in [0.4, 0.5) is 5.69 Å². The maximum absolute atomic E-state index is 11.9. The number of benzene rings is 2. The molecule has 0 heterocycles. The number of amides is 2. The zero-order chi connectivity index (χ0) is 17.4. The van der Waals surface area contributed by atoms with E-state index < -0.39 is 0 Å². The fraction of sp³-hybridized carbons (Fsp3) is 0.263. The monoisotopic (exact) mass is 326 g/mol. The minimum atomic E-state index is -0.151. The fourth-order valence-electron chi connectivity index (χ4n) is 2.39. The lowest BCUT2D eigenvalue weighted by Gasteiger charge is -2.11. The zero-order valence-electron chi connectivity index (χ0n) is 14.0. The first-order valence-corrected chi connectivity index (χ1v) is 7.83. The Labute approximate surface area is 142 Å². The molecule has 24 heavy (non-hydrogen) atoms. The smallest absolute Gasteiger partial charge is 0.224 e. The van der Waals surface area contributed by atoms with Crippen LogP contribution in [-0.4, -0.2) is 25.5 Å². The van der Waals surface area contributed by atoms with Crippen molar-refractivity contribution in [1.82, 2.24) is 5.32 Å². The Morgan fingerprint density at radius 3 is 2.46 bits per heavy atom. The van der Waals surface area contributed by atoms with E-state index in [0.717, 1.165) is 11.1 Å². The van der Waals surface area contributed by atoms with Gasteiger partial charge in [0.15, 0.2) is 0 Å². The van der Waals surface area contributed by atoms with Gasteiger partial charge in [0.1, 0.15) is 5.75 Å². The molecule has 0 radical (unpaired) electrons. The zero-order valence-corrected chi connectivity index (χ0v) is 14.0. The summed E-state index contributed by atoms with van der Waals surface area (Å²) in [6, 6.07) is 15.2. The third-order valence-corrected chi connectivity index (χ3v) is 3.52. The van der Waals surface area contributed by atoms with Crippen LogP contribution in [0.1, 0.15) is 18.1 Å². The van der Waals surface area contributed by atoms with Crippen molar-refractivity contribution < 1.29 is 14.3 Å². The van der Waals surface area contributed by atoms with E-state index in [4.69, 9.17) is 4.74 Å². The lowest BCUT2D eigenvalue weighted by atomic mass is 10.1. The third-order valence-electron chi connectivity index (χ3n) is 3.52. The number of carbonyl (C=O) groups excluding carboxylic acids is 2. The lowest BCUT2D eigenvalue weighted by Crippen LogP contribution is -2.27. The highest BCUT2D eigenvalue weighted by Crippen LogP contribution is 2.25. The van der Waals surface area contributed by atoms with Crippen molar-refractivity contribution in [3.05, 3.63) is 59.7 Å². The van der Waals surface area contributed by atoms with Crippen molar-refractivity contribution in [2.24, 2.45) is 0 Å². The second-order valence-electron chi connectivity index (χ2n) is 5.48. The average molecular weight is 326 g/mol. The number of methoxy groups -OCH3 is 1. The summed E-state index contributed by atoms with van der Waals surface area (Å²) in [5, 5.41) is 5.66. The number of carbonyl (C=O) groups is 2. The van der Waals surface area contributed by atoms with E-state index in [9.17, 15) is 9.59 Å². The Kier molecular flexibility index (Phi) is 6.37. The molecule has 0 saturated carbocycles. The van der Waals surface area contributed by atoms with Crippen LogP contribution >= 0.6 is 0 Å². The first-order chi connectivity index (χ1) is 11.6. The van der Waals surface area contributed by atoms with Gasteiger partial charge < -0.3 is 15.4 Å². The molecule has 0 unspecified atom stereocenters. The van der Waals surface area contributed by atoms with Crippen LogP contribution in [0.5, 0.6) is 5.75 Å². The highest BCUT2D eigenvalue weighted by molar-refractivity contribution is 5.90. The van der Waals surface area contributed by atoms with Crippen molar-refractivity contribution in [2.45, 2.75) is 19.8 Å². The molecule has 0 saturated heterocycles. The molecule has 0 fully saturated rings. The van der Waals surface area contributed by atoms with Crippen LogP contribution < -0.4 is 15.4 Å². The molecule has 0 aliphatic heterocycles. The lowest BCUT2D eigenvalue weighted by molar-refractivity contribution is -0.120. The van der Waals surface area contributed by atoms with E-state index in [0.29, 0.717) is 30.8 Å². The highest BCUT2D eigenvalue weighted by Gasteiger charge is 2.07. The van der Waals surface area contributed by atoms with Gasteiger partial charge in [0.25, 0.3) is 0 Å². The Morgan fingerprint density at radius 2 is 1.79 bits per heavy atom. The summed E-state index contributed by atoms with van der Waals surface area (Å²) < 4.78 is 5.23. The summed E-state index contributed by atoms with van der Waals surface area (Å²) in [5.74, 6) is 0.459. The van der Waals surface area contributed by atoms with Crippen LogP contribution in [0.2, 0.25) is 0 Å².